The van der Waals surface area contributed by atoms with Crippen molar-refractivity contribution in [2.24, 2.45) is 4.99 Å². The van der Waals surface area contributed by atoms with Crippen molar-refractivity contribution >= 4 is 11.9 Å². The number of hydrogen-bond acceptors (Lipinski definition) is 3. The predicted octanol–water partition coefficient (Wildman–Crippen LogP) is 4.48. The number of hydrogen-bond donors (Lipinski definition) is 1. The van der Waals surface area contributed by atoms with Gasteiger partial charge in [0, 0.05) is 31.0 Å². The van der Waals surface area contributed by atoms with Crippen LogP contribution >= 0.6 is 0 Å². The maximum atomic E-state index is 14.7. The number of carbonyl (C=O) groups excluding carboxylic acids is 1. The van der Waals surface area contributed by atoms with Crippen molar-refractivity contribution in [2.45, 2.75) is 32.0 Å². The fourth-order valence-electron chi connectivity index (χ4n) is 3.75. The van der Waals surface area contributed by atoms with Crippen LogP contribution in [0.4, 0.5) is 13.6 Å². The van der Waals surface area contributed by atoms with Gasteiger partial charge in [0.25, 0.3) is 0 Å². The van der Waals surface area contributed by atoms with Crippen LogP contribution in [0.15, 0.2) is 72.2 Å². The lowest BCUT2D eigenvalue weighted by Gasteiger charge is -2.24. The van der Waals surface area contributed by atoms with Gasteiger partial charge in [-0.3, -0.25) is 10.3 Å². The number of aryl methyl sites for hydroxylation is 1. The summed E-state index contributed by atoms with van der Waals surface area (Å²) in [7, 11) is 0. The molecule has 2 amide bonds. The zero-order valence-electron chi connectivity index (χ0n) is 17.1. The summed E-state index contributed by atoms with van der Waals surface area (Å²) in [4.78, 5) is 23.0. The Morgan fingerprint density at radius 1 is 1.13 bits per heavy atom. The van der Waals surface area contributed by atoms with Crippen molar-refractivity contribution in [1.82, 2.24) is 19.8 Å². The first-order valence-corrected chi connectivity index (χ1v) is 10.1. The van der Waals surface area contributed by atoms with Crippen molar-refractivity contribution < 1.29 is 13.6 Å². The summed E-state index contributed by atoms with van der Waals surface area (Å²) in [5, 5.41) is 2.77. The van der Waals surface area contributed by atoms with Crippen LogP contribution in [0.5, 0.6) is 0 Å². The first-order valence-electron chi connectivity index (χ1n) is 10.1. The molecule has 0 bridgehead atoms. The summed E-state index contributed by atoms with van der Waals surface area (Å²) >= 11 is 0. The van der Waals surface area contributed by atoms with Crippen LogP contribution in [0, 0.1) is 11.6 Å². The monoisotopic (exact) mass is 423 g/mol. The Bertz CT molecular complexity index is 1070. The average Bonchev–Trinajstić information content (AvgIpc) is 3.39. The van der Waals surface area contributed by atoms with Gasteiger partial charge in [-0.1, -0.05) is 42.5 Å². The smallest absolute Gasteiger partial charge is 0.323 e. The maximum Gasteiger partial charge on any atom is 0.323 e. The lowest BCUT2D eigenvalue weighted by atomic mass is 10.0. The molecule has 31 heavy (non-hydrogen) atoms. The van der Waals surface area contributed by atoms with Crippen molar-refractivity contribution in [3.8, 4) is 0 Å². The summed E-state index contributed by atoms with van der Waals surface area (Å²) in [6, 6.07) is 12.1. The minimum Gasteiger partial charge on any atom is -0.337 e. The number of carbonyl (C=O) groups is 1. The minimum absolute atomic E-state index is 0.0833. The van der Waals surface area contributed by atoms with E-state index < -0.39 is 17.7 Å². The van der Waals surface area contributed by atoms with Gasteiger partial charge in [0.05, 0.1) is 12.4 Å². The highest BCUT2D eigenvalue weighted by atomic mass is 19.2. The third-order valence-electron chi connectivity index (χ3n) is 5.33. The van der Waals surface area contributed by atoms with E-state index in [1.807, 2.05) is 48.0 Å². The molecule has 1 fully saturated rings. The fraction of sp³-hybridized carbons (Fsp3) is 0.261. The van der Waals surface area contributed by atoms with E-state index >= 15 is 0 Å². The second kappa shape index (κ2) is 9.07. The molecule has 1 aliphatic heterocycles. The Balaban J connectivity index is 1.64. The molecule has 1 saturated heterocycles. The molecule has 8 heteroatoms. The number of aromatic nitrogens is 2. The van der Waals surface area contributed by atoms with Crippen LogP contribution in [-0.2, 0) is 6.54 Å². The van der Waals surface area contributed by atoms with Gasteiger partial charge in [-0.2, -0.15) is 0 Å². The zero-order valence-corrected chi connectivity index (χ0v) is 17.1. The second-order valence-corrected chi connectivity index (χ2v) is 7.42. The van der Waals surface area contributed by atoms with E-state index in [0.29, 0.717) is 25.3 Å². The van der Waals surface area contributed by atoms with Crippen LogP contribution in [0.2, 0.25) is 0 Å². The van der Waals surface area contributed by atoms with Crippen LogP contribution in [-0.4, -0.2) is 32.9 Å². The topological polar surface area (TPSA) is 62.5 Å². The van der Waals surface area contributed by atoms with E-state index in [2.05, 4.69) is 15.3 Å². The molecular formula is C23H23F2N5O. The maximum absolute atomic E-state index is 14.7. The predicted molar refractivity (Wildman–Crippen MR) is 113 cm³/mol. The summed E-state index contributed by atoms with van der Waals surface area (Å²) in [6.45, 7) is 2.90. The van der Waals surface area contributed by atoms with Gasteiger partial charge in [-0.25, -0.2) is 18.6 Å². The summed E-state index contributed by atoms with van der Waals surface area (Å²) in [6.07, 6.45) is 5.84. The fourth-order valence-corrected chi connectivity index (χ4v) is 3.75. The van der Waals surface area contributed by atoms with Crippen LogP contribution < -0.4 is 5.32 Å². The number of nitrogens with one attached hydrogen (secondary N) is 1. The molecule has 2 aromatic carbocycles. The van der Waals surface area contributed by atoms with Gasteiger partial charge < -0.3 is 9.47 Å². The lowest BCUT2D eigenvalue weighted by Crippen LogP contribution is -2.31. The Morgan fingerprint density at radius 3 is 2.68 bits per heavy atom. The summed E-state index contributed by atoms with van der Waals surface area (Å²) < 4.78 is 30.6. The molecule has 2 unspecified atom stereocenters. The molecule has 6 nitrogen and oxygen atoms in total. The Hall–Kier alpha value is -3.55. The van der Waals surface area contributed by atoms with Crippen molar-refractivity contribution in [2.75, 3.05) is 6.54 Å². The number of halogens is 2. The highest BCUT2D eigenvalue weighted by molar-refractivity contribution is 6.07. The molecule has 1 aromatic heterocycles. The Morgan fingerprint density at radius 2 is 1.94 bits per heavy atom. The van der Waals surface area contributed by atoms with E-state index in [4.69, 9.17) is 0 Å². The minimum atomic E-state index is -0.969. The molecule has 3 aromatic rings. The first kappa shape index (κ1) is 20.7. The van der Waals surface area contributed by atoms with E-state index in [1.165, 1.54) is 17.0 Å². The van der Waals surface area contributed by atoms with Gasteiger partial charge in [0.15, 0.2) is 11.6 Å². The van der Waals surface area contributed by atoms with Crippen molar-refractivity contribution in [3.63, 3.8) is 0 Å². The molecule has 1 aliphatic rings. The normalized spacial score (nSPS) is 18.4. The number of aliphatic imine (C=N–C) groups is 1. The third-order valence-corrected chi connectivity index (χ3v) is 5.33. The molecule has 0 spiro atoms. The van der Waals surface area contributed by atoms with Crippen molar-refractivity contribution in [1.29, 1.82) is 0 Å². The molecule has 2 heterocycles. The molecule has 0 saturated carbocycles. The van der Waals surface area contributed by atoms with E-state index in [1.54, 1.807) is 12.5 Å². The number of imidazole rings is 1. The lowest BCUT2D eigenvalue weighted by molar-refractivity contribution is 0.203. The standard InChI is InChI=1S/C23H23F2N5O/c1-16(17-7-3-2-4-8-17)27-22-21(18-9-5-10-19(24)20(18)25)30(23(31)28-22)13-6-12-29-14-11-26-15-29/h2-5,7-11,14-16,21H,6,12-13H2,1H3,(H,27,28,31). The molecule has 0 radical (unpaired) electrons. The zero-order chi connectivity index (χ0) is 21.8. The third kappa shape index (κ3) is 4.47. The van der Waals surface area contributed by atoms with Gasteiger partial charge in [0.2, 0.25) is 0 Å². The summed E-state index contributed by atoms with van der Waals surface area (Å²) in [5.41, 5.74) is 1.04. The molecular weight excluding hydrogens is 400 g/mol. The van der Waals surface area contributed by atoms with Crippen LogP contribution in [0.25, 0.3) is 0 Å². The van der Waals surface area contributed by atoms with Gasteiger partial charge in [0.1, 0.15) is 11.9 Å². The average molecular weight is 423 g/mol. The van der Waals surface area contributed by atoms with E-state index in [-0.39, 0.29) is 17.6 Å². The van der Waals surface area contributed by atoms with Gasteiger partial charge >= 0.3 is 6.03 Å². The number of amidine groups is 1. The van der Waals surface area contributed by atoms with E-state index in [9.17, 15) is 13.6 Å². The SMILES string of the molecule is CC(/N=C1\NC(=O)N(CCCn2ccnc2)C1c1cccc(F)c1F)c1ccccc1. The number of benzene rings is 2. The molecule has 0 aliphatic carbocycles. The quantitative estimate of drug-likeness (QED) is 0.609. The first-order chi connectivity index (χ1) is 15.0. The van der Waals surface area contributed by atoms with Crippen molar-refractivity contribution in [3.05, 3.63) is 90.0 Å². The highest BCUT2D eigenvalue weighted by Crippen LogP contribution is 2.31. The van der Waals surface area contributed by atoms with Crippen LogP contribution in [0.1, 0.15) is 36.6 Å². The summed E-state index contributed by atoms with van der Waals surface area (Å²) in [5.74, 6) is -1.61. The highest BCUT2D eigenvalue weighted by Gasteiger charge is 2.39. The number of nitrogens with zero attached hydrogens (tertiary/aromatic N) is 4. The molecule has 2 atom stereocenters. The van der Waals surface area contributed by atoms with E-state index in [0.717, 1.165) is 11.6 Å². The van der Waals surface area contributed by atoms with Crippen LogP contribution in [0.3, 0.4) is 0 Å². The number of amides is 2. The van der Waals surface area contributed by atoms with Gasteiger partial charge in [-0.05, 0) is 25.0 Å². The Kier molecular flexibility index (Phi) is 6.06. The molecule has 4 rings (SSSR count). The second-order valence-electron chi connectivity index (χ2n) is 7.42. The number of urea groups is 1. The molecule has 1 N–H and O–H groups in total. The van der Waals surface area contributed by atoms with Gasteiger partial charge in [-0.15, -0.1) is 0 Å². The molecule has 160 valence electrons. The number of rotatable bonds is 7. The Labute approximate surface area is 179 Å². The largest absolute Gasteiger partial charge is 0.337 e.